The highest BCUT2D eigenvalue weighted by atomic mass is 16.1. The fraction of sp³-hybridized carbons (Fsp3) is 0.300. The molecular formula is C20H24N4O. The van der Waals surface area contributed by atoms with E-state index in [0.717, 1.165) is 24.1 Å². The Labute approximate surface area is 148 Å². The first-order valence-electron chi connectivity index (χ1n) is 8.53. The smallest absolute Gasteiger partial charge is 0.271 e. The number of hydrogen-bond acceptors (Lipinski definition) is 3. The van der Waals surface area contributed by atoms with Gasteiger partial charge in [-0.15, -0.1) is 0 Å². The molecule has 130 valence electrons. The summed E-state index contributed by atoms with van der Waals surface area (Å²) in [6.07, 6.45) is 5.54. The number of fused-ring (bicyclic) bond motifs is 1. The van der Waals surface area contributed by atoms with Crippen molar-refractivity contribution in [3.8, 4) is 0 Å². The number of pyridine rings is 1. The van der Waals surface area contributed by atoms with Crippen LogP contribution >= 0.6 is 0 Å². The Morgan fingerprint density at radius 1 is 1.20 bits per heavy atom. The van der Waals surface area contributed by atoms with Crippen molar-refractivity contribution in [2.75, 3.05) is 25.5 Å². The average Bonchev–Trinajstić information content (AvgIpc) is 3.02. The standard InChI is InChI=1S/C20H24N4O/c1-15-10-12-24-14-18(22-19(24)13-15)20(25)21-11-4-5-16-6-8-17(9-7-16)23(2)3/h6-10,12-14H,4-5,11H2,1-3H3,(H,21,25). The maximum atomic E-state index is 12.2. The number of aromatic nitrogens is 2. The number of hydrogen-bond donors (Lipinski definition) is 1. The zero-order valence-corrected chi connectivity index (χ0v) is 15.0. The first-order valence-corrected chi connectivity index (χ1v) is 8.53. The summed E-state index contributed by atoms with van der Waals surface area (Å²) in [5, 5.41) is 2.95. The summed E-state index contributed by atoms with van der Waals surface area (Å²) < 4.78 is 1.87. The average molecular weight is 336 g/mol. The first kappa shape index (κ1) is 17.0. The van der Waals surface area contributed by atoms with E-state index in [4.69, 9.17) is 0 Å². The number of carbonyl (C=O) groups excluding carboxylic acids is 1. The third-order valence-corrected chi connectivity index (χ3v) is 4.23. The minimum Gasteiger partial charge on any atom is -0.378 e. The zero-order valence-electron chi connectivity index (χ0n) is 15.0. The third kappa shape index (κ3) is 4.18. The summed E-state index contributed by atoms with van der Waals surface area (Å²) in [6, 6.07) is 12.5. The van der Waals surface area contributed by atoms with Gasteiger partial charge in [-0.1, -0.05) is 12.1 Å². The van der Waals surface area contributed by atoms with Gasteiger partial charge in [-0.3, -0.25) is 4.79 Å². The summed E-state index contributed by atoms with van der Waals surface area (Å²) in [6.45, 7) is 2.65. The van der Waals surface area contributed by atoms with Gasteiger partial charge in [0.25, 0.3) is 5.91 Å². The minimum atomic E-state index is -0.121. The molecule has 0 aliphatic carbocycles. The predicted octanol–water partition coefficient (Wildman–Crippen LogP) is 3.07. The Morgan fingerprint density at radius 2 is 1.96 bits per heavy atom. The number of aryl methyl sites for hydroxylation is 2. The lowest BCUT2D eigenvalue weighted by Crippen LogP contribution is -2.25. The number of nitrogens with zero attached hydrogens (tertiary/aromatic N) is 3. The molecule has 0 radical (unpaired) electrons. The van der Waals surface area contributed by atoms with Crippen molar-refractivity contribution in [3.63, 3.8) is 0 Å². The van der Waals surface area contributed by atoms with Crippen LogP contribution in [0.5, 0.6) is 0 Å². The molecule has 0 fully saturated rings. The predicted molar refractivity (Wildman–Crippen MR) is 101 cm³/mol. The quantitative estimate of drug-likeness (QED) is 0.704. The van der Waals surface area contributed by atoms with E-state index in [1.165, 1.54) is 11.3 Å². The van der Waals surface area contributed by atoms with E-state index in [9.17, 15) is 4.79 Å². The van der Waals surface area contributed by atoms with Gasteiger partial charge >= 0.3 is 0 Å². The Hall–Kier alpha value is -2.82. The van der Waals surface area contributed by atoms with Crippen LogP contribution in [0.25, 0.3) is 5.65 Å². The number of amides is 1. The molecular weight excluding hydrogens is 312 g/mol. The molecule has 0 aliphatic rings. The maximum Gasteiger partial charge on any atom is 0.271 e. The Bertz CT molecular complexity index is 865. The largest absolute Gasteiger partial charge is 0.378 e. The molecule has 0 spiro atoms. The SMILES string of the molecule is Cc1ccn2cc(C(=O)NCCCc3ccc(N(C)C)cc3)nc2c1. The number of benzene rings is 1. The van der Waals surface area contributed by atoms with Gasteiger partial charge in [0, 0.05) is 38.7 Å². The van der Waals surface area contributed by atoms with Gasteiger partial charge in [0.1, 0.15) is 11.3 Å². The first-order chi connectivity index (χ1) is 12.0. The van der Waals surface area contributed by atoms with Gasteiger partial charge in [0.05, 0.1) is 0 Å². The number of nitrogens with one attached hydrogen (secondary N) is 1. The van der Waals surface area contributed by atoms with Crippen molar-refractivity contribution in [1.29, 1.82) is 0 Å². The molecule has 3 rings (SSSR count). The molecule has 5 nitrogen and oxygen atoms in total. The molecule has 1 amide bonds. The second kappa shape index (κ2) is 7.38. The number of anilines is 1. The van der Waals surface area contributed by atoms with E-state index in [-0.39, 0.29) is 5.91 Å². The van der Waals surface area contributed by atoms with Crippen LogP contribution in [0, 0.1) is 6.92 Å². The number of imidazole rings is 1. The van der Waals surface area contributed by atoms with Gasteiger partial charge in [0.15, 0.2) is 0 Å². The summed E-state index contributed by atoms with van der Waals surface area (Å²) in [7, 11) is 4.07. The van der Waals surface area contributed by atoms with Gasteiger partial charge < -0.3 is 14.6 Å². The molecule has 3 aromatic rings. The van der Waals surface area contributed by atoms with E-state index in [1.54, 1.807) is 6.20 Å². The number of carbonyl (C=O) groups is 1. The molecule has 5 heteroatoms. The topological polar surface area (TPSA) is 49.6 Å². The maximum absolute atomic E-state index is 12.2. The molecule has 1 N–H and O–H groups in total. The minimum absolute atomic E-state index is 0.121. The fourth-order valence-electron chi connectivity index (χ4n) is 2.74. The zero-order chi connectivity index (χ0) is 17.8. The Kier molecular flexibility index (Phi) is 5.03. The molecule has 0 saturated heterocycles. The fourth-order valence-corrected chi connectivity index (χ4v) is 2.74. The lowest BCUT2D eigenvalue weighted by molar-refractivity contribution is 0.0949. The highest BCUT2D eigenvalue weighted by Crippen LogP contribution is 2.13. The van der Waals surface area contributed by atoms with E-state index >= 15 is 0 Å². The van der Waals surface area contributed by atoms with Crippen LogP contribution in [0.1, 0.15) is 28.0 Å². The Balaban J connectivity index is 1.50. The number of rotatable bonds is 6. The second-order valence-electron chi connectivity index (χ2n) is 6.52. The van der Waals surface area contributed by atoms with Crippen LogP contribution in [0.2, 0.25) is 0 Å². The molecule has 0 aliphatic heterocycles. The highest BCUT2D eigenvalue weighted by Gasteiger charge is 2.10. The molecule has 0 unspecified atom stereocenters. The van der Waals surface area contributed by atoms with Gasteiger partial charge in [-0.2, -0.15) is 0 Å². The molecule has 1 aromatic carbocycles. The Morgan fingerprint density at radius 3 is 2.68 bits per heavy atom. The third-order valence-electron chi connectivity index (χ3n) is 4.23. The van der Waals surface area contributed by atoms with Crippen molar-refractivity contribution >= 4 is 17.2 Å². The second-order valence-corrected chi connectivity index (χ2v) is 6.52. The molecule has 2 heterocycles. The summed E-state index contributed by atoms with van der Waals surface area (Å²) in [5.41, 5.74) is 4.86. The van der Waals surface area contributed by atoms with Crippen molar-refractivity contribution in [2.24, 2.45) is 0 Å². The van der Waals surface area contributed by atoms with Crippen LogP contribution in [-0.4, -0.2) is 35.9 Å². The van der Waals surface area contributed by atoms with Gasteiger partial charge in [-0.25, -0.2) is 4.98 Å². The molecule has 0 saturated carbocycles. The monoisotopic (exact) mass is 336 g/mol. The van der Waals surface area contributed by atoms with Crippen molar-refractivity contribution in [3.05, 3.63) is 65.6 Å². The lowest BCUT2D eigenvalue weighted by atomic mass is 10.1. The molecule has 0 atom stereocenters. The molecule has 0 bridgehead atoms. The van der Waals surface area contributed by atoms with E-state index in [1.807, 2.05) is 43.7 Å². The van der Waals surface area contributed by atoms with Crippen LogP contribution in [0.4, 0.5) is 5.69 Å². The van der Waals surface area contributed by atoms with Crippen LogP contribution in [0.3, 0.4) is 0 Å². The summed E-state index contributed by atoms with van der Waals surface area (Å²) in [5.74, 6) is -0.121. The molecule has 2 aromatic heterocycles. The highest BCUT2D eigenvalue weighted by molar-refractivity contribution is 5.92. The normalized spacial score (nSPS) is 10.8. The summed E-state index contributed by atoms with van der Waals surface area (Å²) in [4.78, 5) is 18.7. The van der Waals surface area contributed by atoms with Crippen molar-refractivity contribution < 1.29 is 4.79 Å². The van der Waals surface area contributed by atoms with E-state index in [2.05, 4.69) is 39.5 Å². The van der Waals surface area contributed by atoms with Crippen LogP contribution < -0.4 is 10.2 Å². The molecule has 25 heavy (non-hydrogen) atoms. The van der Waals surface area contributed by atoms with Crippen molar-refractivity contribution in [2.45, 2.75) is 19.8 Å². The van der Waals surface area contributed by atoms with Crippen LogP contribution in [-0.2, 0) is 6.42 Å². The van der Waals surface area contributed by atoms with E-state index < -0.39 is 0 Å². The summed E-state index contributed by atoms with van der Waals surface area (Å²) >= 11 is 0. The van der Waals surface area contributed by atoms with Gasteiger partial charge in [-0.05, 0) is 55.2 Å². The van der Waals surface area contributed by atoms with Crippen molar-refractivity contribution in [1.82, 2.24) is 14.7 Å². The van der Waals surface area contributed by atoms with Crippen LogP contribution in [0.15, 0.2) is 48.8 Å². The van der Waals surface area contributed by atoms with E-state index in [0.29, 0.717) is 12.2 Å². The van der Waals surface area contributed by atoms with Gasteiger partial charge in [0.2, 0.25) is 0 Å². The lowest BCUT2D eigenvalue weighted by Gasteiger charge is -2.12.